The molecule has 0 saturated carbocycles. The third kappa shape index (κ3) is 3.07. The lowest BCUT2D eigenvalue weighted by molar-refractivity contribution is -0.119. The fraction of sp³-hybridized carbons (Fsp3) is 0.143. The molecule has 0 saturated heterocycles. The Kier molecular flexibility index (Phi) is 4.68. The highest BCUT2D eigenvalue weighted by molar-refractivity contribution is 7.10. The van der Waals surface area contributed by atoms with Crippen molar-refractivity contribution in [2.45, 2.75) is 12.0 Å². The molecule has 4 nitrogen and oxygen atoms in total. The molecule has 142 valence electrons. The summed E-state index contributed by atoms with van der Waals surface area (Å²) >= 11 is 1.43. The van der Waals surface area contributed by atoms with E-state index in [2.05, 4.69) is 5.32 Å². The van der Waals surface area contributed by atoms with E-state index >= 15 is 0 Å². The zero-order chi connectivity index (χ0) is 19.8. The van der Waals surface area contributed by atoms with Gasteiger partial charge in [0.05, 0.1) is 17.6 Å². The highest BCUT2D eigenvalue weighted by Gasteiger charge is 2.43. The van der Waals surface area contributed by atoms with Gasteiger partial charge in [0, 0.05) is 23.6 Å². The van der Waals surface area contributed by atoms with Gasteiger partial charge in [-0.15, -0.1) is 11.3 Å². The minimum absolute atomic E-state index is 0.185. The van der Waals surface area contributed by atoms with Crippen LogP contribution in [0.5, 0.6) is 0 Å². The molecule has 2 amide bonds. The third-order valence-corrected chi connectivity index (χ3v) is 5.83. The van der Waals surface area contributed by atoms with Crippen LogP contribution in [0.15, 0.2) is 60.0 Å². The molecule has 2 heterocycles. The van der Waals surface area contributed by atoms with Crippen molar-refractivity contribution < 1.29 is 18.4 Å². The van der Waals surface area contributed by atoms with Gasteiger partial charge in [0.1, 0.15) is 11.6 Å². The van der Waals surface area contributed by atoms with Crippen LogP contribution < -0.4 is 5.32 Å². The largest absolute Gasteiger partial charge is 0.333 e. The molecule has 4 rings (SSSR count). The van der Waals surface area contributed by atoms with Crippen molar-refractivity contribution in [1.82, 2.24) is 4.90 Å². The molecule has 0 spiro atoms. The molecule has 1 N–H and O–H groups in total. The maximum Gasteiger partial charge on any atom is 0.254 e. The van der Waals surface area contributed by atoms with Crippen LogP contribution in [-0.2, 0) is 4.79 Å². The quantitative estimate of drug-likeness (QED) is 0.702. The van der Waals surface area contributed by atoms with Gasteiger partial charge in [0.15, 0.2) is 0 Å². The number of carbonyl (C=O) groups excluding carboxylic acids is 2. The molecule has 0 bridgehead atoms. The fourth-order valence-corrected chi connectivity index (χ4v) is 4.48. The Labute approximate surface area is 164 Å². The molecule has 1 aromatic heterocycles. The van der Waals surface area contributed by atoms with E-state index in [1.54, 1.807) is 31.3 Å². The standard InChI is InChI=1S/C21H16F2N2O2S/c1-25-19(17-7-4-10-28-17)18(13-5-2-3-6-14(13)21(25)27)20(26)24-16-11-12(22)8-9-15(16)23/h2-11,18-19H,1H3,(H,24,26). The summed E-state index contributed by atoms with van der Waals surface area (Å²) in [5, 5.41) is 4.37. The summed E-state index contributed by atoms with van der Waals surface area (Å²) in [6.45, 7) is 0. The molecule has 0 radical (unpaired) electrons. The first-order valence-corrected chi connectivity index (χ1v) is 9.50. The predicted molar refractivity (Wildman–Crippen MR) is 103 cm³/mol. The Bertz CT molecular complexity index is 1050. The van der Waals surface area contributed by atoms with Gasteiger partial charge in [-0.05, 0) is 35.2 Å². The summed E-state index contributed by atoms with van der Waals surface area (Å²) in [7, 11) is 1.64. The van der Waals surface area contributed by atoms with E-state index in [1.165, 1.54) is 16.2 Å². The average Bonchev–Trinajstić information content (AvgIpc) is 3.21. The van der Waals surface area contributed by atoms with Gasteiger partial charge in [0.25, 0.3) is 5.91 Å². The topological polar surface area (TPSA) is 49.4 Å². The molecule has 0 aliphatic carbocycles. The summed E-state index contributed by atoms with van der Waals surface area (Å²) in [5.74, 6) is -2.83. The maximum atomic E-state index is 14.1. The zero-order valence-corrected chi connectivity index (χ0v) is 15.7. The first kappa shape index (κ1) is 18.3. The summed E-state index contributed by atoms with van der Waals surface area (Å²) in [6.07, 6.45) is 0. The molecule has 0 fully saturated rings. The Morgan fingerprint density at radius 2 is 1.89 bits per heavy atom. The van der Waals surface area contributed by atoms with E-state index < -0.39 is 29.5 Å². The van der Waals surface area contributed by atoms with Gasteiger partial charge >= 0.3 is 0 Å². The van der Waals surface area contributed by atoms with Crippen LogP contribution >= 0.6 is 11.3 Å². The van der Waals surface area contributed by atoms with Crippen LogP contribution in [0.1, 0.15) is 32.8 Å². The number of nitrogens with zero attached hydrogens (tertiary/aromatic N) is 1. The number of hydrogen-bond acceptors (Lipinski definition) is 3. The molecule has 7 heteroatoms. The number of carbonyl (C=O) groups is 2. The van der Waals surface area contributed by atoms with Crippen LogP contribution in [0.4, 0.5) is 14.5 Å². The zero-order valence-electron chi connectivity index (χ0n) is 14.9. The second-order valence-electron chi connectivity index (χ2n) is 6.55. The number of halogens is 2. The van der Waals surface area contributed by atoms with Crippen molar-refractivity contribution in [3.63, 3.8) is 0 Å². The Hall–Kier alpha value is -3.06. The van der Waals surface area contributed by atoms with Crippen LogP contribution in [0.25, 0.3) is 0 Å². The monoisotopic (exact) mass is 398 g/mol. The van der Waals surface area contributed by atoms with E-state index in [1.807, 2.05) is 17.5 Å². The van der Waals surface area contributed by atoms with Gasteiger partial charge in [-0.1, -0.05) is 24.3 Å². The molecule has 2 unspecified atom stereocenters. The lowest BCUT2D eigenvalue weighted by atomic mass is 9.81. The van der Waals surface area contributed by atoms with Gasteiger partial charge in [-0.25, -0.2) is 8.78 Å². The van der Waals surface area contributed by atoms with Crippen molar-refractivity contribution in [1.29, 1.82) is 0 Å². The summed E-state index contributed by atoms with van der Waals surface area (Å²) < 4.78 is 27.6. The molecule has 1 aliphatic rings. The molecule has 2 atom stereocenters. The Morgan fingerprint density at radius 3 is 2.64 bits per heavy atom. The van der Waals surface area contributed by atoms with Gasteiger partial charge in [-0.2, -0.15) is 0 Å². The highest BCUT2D eigenvalue weighted by Crippen LogP contribution is 2.43. The molecule has 2 aromatic carbocycles. The first-order chi connectivity index (χ1) is 13.5. The van der Waals surface area contributed by atoms with E-state index in [9.17, 15) is 18.4 Å². The number of likely N-dealkylation sites (N-methyl/N-ethyl adjacent to an activating group) is 1. The van der Waals surface area contributed by atoms with E-state index in [0.717, 1.165) is 23.1 Å². The summed E-state index contributed by atoms with van der Waals surface area (Å²) in [5.41, 5.74) is 0.767. The maximum absolute atomic E-state index is 14.1. The second-order valence-corrected chi connectivity index (χ2v) is 7.53. The summed E-state index contributed by atoms with van der Waals surface area (Å²) in [6, 6.07) is 12.9. The number of thiophene rings is 1. The van der Waals surface area contributed by atoms with Gasteiger partial charge < -0.3 is 10.2 Å². The Morgan fingerprint density at radius 1 is 1.11 bits per heavy atom. The number of benzene rings is 2. The fourth-order valence-electron chi connectivity index (χ4n) is 3.58. The smallest absolute Gasteiger partial charge is 0.254 e. The molecule has 1 aliphatic heterocycles. The first-order valence-electron chi connectivity index (χ1n) is 8.63. The third-order valence-electron chi connectivity index (χ3n) is 4.88. The number of nitrogens with one attached hydrogen (secondary N) is 1. The van der Waals surface area contributed by atoms with Crippen molar-refractivity contribution in [3.8, 4) is 0 Å². The minimum Gasteiger partial charge on any atom is -0.333 e. The average molecular weight is 398 g/mol. The number of anilines is 1. The van der Waals surface area contributed by atoms with Gasteiger partial charge in [0.2, 0.25) is 5.91 Å². The highest BCUT2D eigenvalue weighted by atomic mass is 32.1. The van der Waals surface area contributed by atoms with Crippen LogP contribution in [0.2, 0.25) is 0 Å². The molecule has 3 aromatic rings. The summed E-state index contributed by atoms with van der Waals surface area (Å²) in [4.78, 5) is 28.4. The van der Waals surface area contributed by atoms with E-state index in [-0.39, 0.29) is 11.6 Å². The lowest BCUT2D eigenvalue weighted by Crippen LogP contribution is -2.43. The number of fused-ring (bicyclic) bond motifs is 1. The normalized spacial score (nSPS) is 18.7. The predicted octanol–water partition coefficient (Wildman–Crippen LogP) is 4.58. The molecular weight excluding hydrogens is 382 g/mol. The second kappa shape index (κ2) is 7.16. The van der Waals surface area contributed by atoms with Crippen LogP contribution in [-0.4, -0.2) is 23.8 Å². The van der Waals surface area contributed by atoms with E-state index in [4.69, 9.17) is 0 Å². The van der Waals surface area contributed by atoms with Crippen LogP contribution in [0, 0.1) is 11.6 Å². The van der Waals surface area contributed by atoms with Crippen molar-refractivity contribution >= 4 is 28.8 Å². The van der Waals surface area contributed by atoms with E-state index in [0.29, 0.717) is 11.1 Å². The molecule has 28 heavy (non-hydrogen) atoms. The number of amides is 2. The molecular formula is C21H16F2N2O2S. The van der Waals surface area contributed by atoms with Crippen molar-refractivity contribution in [3.05, 3.63) is 87.6 Å². The van der Waals surface area contributed by atoms with Crippen molar-refractivity contribution in [2.24, 2.45) is 0 Å². The minimum atomic E-state index is -0.764. The van der Waals surface area contributed by atoms with Gasteiger partial charge in [-0.3, -0.25) is 9.59 Å². The van der Waals surface area contributed by atoms with Crippen molar-refractivity contribution in [2.75, 3.05) is 12.4 Å². The van der Waals surface area contributed by atoms with Crippen LogP contribution in [0.3, 0.4) is 0 Å². The number of rotatable bonds is 3. The lowest BCUT2D eigenvalue weighted by Gasteiger charge is -2.39. The Balaban J connectivity index is 1.80. The number of hydrogen-bond donors (Lipinski definition) is 1. The SMILES string of the molecule is CN1C(=O)c2ccccc2C(C(=O)Nc2cc(F)ccc2F)C1c1cccs1.